The Morgan fingerprint density at radius 3 is 2.39 bits per heavy atom. The average molecular weight is 255 g/mol. The van der Waals surface area contributed by atoms with Gasteiger partial charge in [0.05, 0.1) is 6.54 Å². The summed E-state index contributed by atoms with van der Waals surface area (Å²) in [6.45, 7) is 10.1. The third kappa shape index (κ3) is 4.60. The van der Waals surface area contributed by atoms with Crippen LogP contribution < -0.4 is 0 Å². The van der Waals surface area contributed by atoms with Gasteiger partial charge in [0.2, 0.25) is 0 Å². The molecule has 0 bridgehead atoms. The van der Waals surface area contributed by atoms with E-state index in [0.717, 1.165) is 25.3 Å². The van der Waals surface area contributed by atoms with E-state index in [4.69, 9.17) is 5.11 Å². The molecule has 0 aromatic carbocycles. The van der Waals surface area contributed by atoms with Crippen LogP contribution in [0.5, 0.6) is 0 Å². The third-order valence-electron chi connectivity index (χ3n) is 4.42. The summed E-state index contributed by atoms with van der Waals surface area (Å²) in [5, 5.41) is 8.96. The van der Waals surface area contributed by atoms with E-state index < -0.39 is 5.97 Å². The van der Waals surface area contributed by atoms with Crippen LogP contribution in [0.1, 0.15) is 59.8 Å². The first kappa shape index (κ1) is 15.5. The summed E-state index contributed by atoms with van der Waals surface area (Å²) < 4.78 is 0. The number of nitrogens with zero attached hydrogens (tertiary/aromatic N) is 1. The number of carboxylic acid groups (broad SMARTS) is 1. The van der Waals surface area contributed by atoms with Crippen LogP contribution in [0.15, 0.2) is 0 Å². The Morgan fingerprint density at radius 2 is 1.89 bits per heavy atom. The number of likely N-dealkylation sites (N-methyl/N-ethyl adjacent to an activating group) is 1. The van der Waals surface area contributed by atoms with Gasteiger partial charge in [0.25, 0.3) is 0 Å². The first-order chi connectivity index (χ1) is 8.34. The molecule has 2 atom stereocenters. The van der Waals surface area contributed by atoms with E-state index in [1.54, 1.807) is 0 Å². The molecule has 2 unspecified atom stereocenters. The van der Waals surface area contributed by atoms with Crippen LogP contribution in [0.2, 0.25) is 0 Å². The maximum Gasteiger partial charge on any atom is 0.317 e. The van der Waals surface area contributed by atoms with E-state index in [0.29, 0.717) is 11.5 Å². The molecule has 0 spiro atoms. The zero-order chi connectivity index (χ0) is 13.8. The van der Waals surface area contributed by atoms with Crippen LogP contribution in [-0.2, 0) is 4.79 Å². The van der Waals surface area contributed by atoms with Crippen molar-refractivity contribution in [2.75, 3.05) is 13.1 Å². The van der Waals surface area contributed by atoms with Crippen LogP contribution in [0.25, 0.3) is 0 Å². The maximum atomic E-state index is 10.9. The quantitative estimate of drug-likeness (QED) is 0.783. The fourth-order valence-electron chi connectivity index (χ4n) is 3.19. The highest BCUT2D eigenvalue weighted by Gasteiger charge is 2.29. The Bertz CT molecular complexity index is 270. The van der Waals surface area contributed by atoms with Crippen LogP contribution in [0.4, 0.5) is 0 Å². The predicted molar refractivity (Wildman–Crippen MR) is 74.7 cm³/mol. The second kappa shape index (κ2) is 6.55. The van der Waals surface area contributed by atoms with E-state index in [2.05, 4.69) is 32.6 Å². The van der Waals surface area contributed by atoms with E-state index in [-0.39, 0.29) is 6.54 Å². The first-order valence-electron chi connectivity index (χ1n) is 7.30. The van der Waals surface area contributed by atoms with Gasteiger partial charge in [0.1, 0.15) is 0 Å². The maximum absolute atomic E-state index is 10.9. The molecule has 0 aromatic rings. The summed E-state index contributed by atoms with van der Waals surface area (Å²) in [6.07, 6.45) is 6.09. The van der Waals surface area contributed by atoms with Gasteiger partial charge in [0, 0.05) is 6.04 Å². The second-order valence-electron chi connectivity index (χ2n) is 6.68. The Kier molecular flexibility index (Phi) is 5.64. The fourth-order valence-corrected chi connectivity index (χ4v) is 3.19. The molecule has 1 saturated carbocycles. The summed E-state index contributed by atoms with van der Waals surface area (Å²) in [5.74, 6) is 0.0829. The van der Waals surface area contributed by atoms with E-state index in [1.807, 2.05) is 0 Å². The van der Waals surface area contributed by atoms with Crippen molar-refractivity contribution in [1.82, 2.24) is 4.90 Å². The third-order valence-corrected chi connectivity index (χ3v) is 4.42. The zero-order valence-corrected chi connectivity index (χ0v) is 12.4. The monoisotopic (exact) mass is 255 g/mol. The topological polar surface area (TPSA) is 40.5 Å². The number of hydrogen-bond acceptors (Lipinski definition) is 2. The van der Waals surface area contributed by atoms with Gasteiger partial charge in [-0.25, -0.2) is 0 Å². The average Bonchev–Trinajstić information content (AvgIpc) is 2.50. The molecule has 1 rings (SSSR count). The summed E-state index contributed by atoms with van der Waals surface area (Å²) in [7, 11) is 0. The zero-order valence-electron chi connectivity index (χ0n) is 12.4. The molecule has 0 heterocycles. The molecule has 0 saturated heterocycles. The highest BCUT2D eigenvalue weighted by atomic mass is 16.4. The smallest absolute Gasteiger partial charge is 0.317 e. The van der Waals surface area contributed by atoms with Gasteiger partial charge in [-0.3, -0.25) is 9.69 Å². The summed E-state index contributed by atoms with van der Waals surface area (Å²) in [5.41, 5.74) is 0.388. The number of carbonyl (C=O) groups is 1. The SMILES string of the molecule is CCN(CC(=O)O)C1CCCC(C(C)(C)C)CC1. The number of rotatable bonds is 4. The predicted octanol–water partition coefficient (Wildman–Crippen LogP) is 3.39. The molecule has 1 N–H and O–H groups in total. The fraction of sp³-hybridized carbons (Fsp3) is 0.933. The van der Waals surface area contributed by atoms with Crippen molar-refractivity contribution in [2.24, 2.45) is 11.3 Å². The Labute approximate surface area is 112 Å². The van der Waals surface area contributed by atoms with Gasteiger partial charge in [0.15, 0.2) is 0 Å². The lowest BCUT2D eigenvalue weighted by atomic mass is 9.76. The van der Waals surface area contributed by atoms with E-state index in [9.17, 15) is 4.79 Å². The molecule has 1 fully saturated rings. The Morgan fingerprint density at radius 1 is 1.22 bits per heavy atom. The number of carboxylic acids is 1. The molecule has 18 heavy (non-hydrogen) atoms. The van der Waals surface area contributed by atoms with Gasteiger partial charge in [-0.1, -0.05) is 34.1 Å². The van der Waals surface area contributed by atoms with Gasteiger partial charge in [-0.2, -0.15) is 0 Å². The van der Waals surface area contributed by atoms with Gasteiger partial charge < -0.3 is 5.11 Å². The van der Waals surface area contributed by atoms with Crippen molar-refractivity contribution < 1.29 is 9.90 Å². The highest BCUT2D eigenvalue weighted by Crippen LogP contribution is 2.37. The first-order valence-corrected chi connectivity index (χ1v) is 7.30. The lowest BCUT2D eigenvalue weighted by Gasteiger charge is -2.31. The standard InChI is InChI=1S/C15H29NO2/c1-5-16(11-14(17)18)13-8-6-7-12(9-10-13)15(2,3)4/h12-13H,5-11H2,1-4H3,(H,17,18). The molecular weight excluding hydrogens is 226 g/mol. The van der Waals surface area contributed by atoms with Crippen LogP contribution in [0, 0.1) is 11.3 Å². The Hall–Kier alpha value is -0.570. The lowest BCUT2D eigenvalue weighted by Crippen LogP contribution is -2.38. The van der Waals surface area contributed by atoms with Crippen LogP contribution >= 0.6 is 0 Å². The lowest BCUT2D eigenvalue weighted by molar-refractivity contribution is -0.139. The van der Waals surface area contributed by atoms with Crippen LogP contribution in [0.3, 0.4) is 0 Å². The molecule has 0 aliphatic heterocycles. The minimum atomic E-state index is -0.700. The minimum Gasteiger partial charge on any atom is -0.480 e. The molecule has 0 radical (unpaired) electrons. The molecule has 3 heteroatoms. The van der Waals surface area contributed by atoms with Gasteiger partial charge in [-0.15, -0.1) is 0 Å². The number of aliphatic carboxylic acids is 1. The minimum absolute atomic E-state index is 0.196. The van der Waals surface area contributed by atoms with Gasteiger partial charge in [-0.05, 0) is 43.6 Å². The molecule has 0 amide bonds. The largest absolute Gasteiger partial charge is 0.480 e. The van der Waals surface area contributed by atoms with E-state index >= 15 is 0 Å². The molecular formula is C15H29NO2. The van der Waals surface area contributed by atoms with Crippen molar-refractivity contribution in [1.29, 1.82) is 0 Å². The highest BCUT2D eigenvalue weighted by molar-refractivity contribution is 5.69. The second-order valence-corrected chi connectivity index (χ2v) is 6.68. The summed E-state index contributed by atoms with van der Waals surface area (Å²) in [6, 6.07) is 0.471. The van der Waals surface area contributed by atoms with Crippen molar-refractivity contribution in [3.05, 3.63) is 0 Å². The van der Waals surface area contributed by atoms with E-state index in [1.165, 1.54) is 19.3 Å². The number of hydrogen-bond donors (Lipinski definition) is 1. The van der Waals surface area contributed by atoms with Crippen molar-refractivity contribution >= 4 is 5.97 Å². The van der Waals surface area contributed by atoms with Crippen LogP contribution in [-0.4, -0.2) is 35.1 Å². The molecule has 1 aliphatic carbocycles. The molecule has 3 nitrogen and oxygen atoms in total. The Balaban J connectivity index is 2.57. The normalized spacial score (nSPS) is 26.1. The molecule has 106 valence electrons. The van der Waals surface area contributed by atoms with Crippen molar-refractivity contribution in [3.8, 4) is 0 Å². The van der Waals surface area contributed by atoms with Gasteiger partial charge >= 0.3 is 5.97 Å². The molecule has 0 aromatic heterocycles. The summed E-state index contributed by atoms with van der Waals surface area (Å²) in [4.78, 5) is 13.0. The summed E-state index contributed by atoms with van der Waals surface area (Å²) >= 11 is 0. The van der Waals surface area contributed by atoms with Crippen molar-refractivity contribution in [2.45, 2.75) is 65.8 Å². The van der Waals surface area contributed by atoms with Crippen molar-refractivity contribution in [3.63, 3.8) is 0 Å². The molecule has 1 aliphatic rings.